The van der Waals surface area contributed by atoms with Crippen molar-refractivity contribution in [2.45, 2.75) is 11.9 Å². The molecule has 102 valence electrons. The molecule has 2 aromatic rings. The van der Waals surface area contributed by atoms with Gasteiger partial charge in [-0.15, -0.1) is 0 Å². The number of Topliss-reactive ketones (excluding diaryl/α,β-unsaturated/α-hetero) is 2. The molecule has 0 aliphatic rings. The lowest BCUT2D eigenvalue weighted by atomic mass is 10.00. The first kappa shape index (κ1) is 14.6. The summed E-state index contributed by atoms with van der Waals surface area (Å²) in [4.78, 5) is 24.2. The zero-order chi connectivity index (χ0) is 14.5. The number of hydrogen-bond donors (Lipinski definition) is 1. The monoisotopic (exact) mass is 332 g/mol. The number of halogens is 1. The van der Waals surface area contributed by atoms with Crippen molar-refractivity contribution in [3.05, 3.63) is 70.8 Å². The fraction of sp³-hybridized carbons (Fsp3) is 0.125. The maximum atomic E-state index is 12.1. The molecule has 0 unspecified atom stereocenters. The van der Waals surface area contributed by atoms with E-state index in [2.05, 4.69) is 15.9 Å². The standard InChI is InChI=1S/C16H13BrO3/c17-9-11-1-5-13(6-2-11)15(19)16(20)14-7-3-12(10-18)4-8-14/h1-8,18H,9-10H2. The number of rotatable bonds is 5. The molecule has 0 aromatic heterocycles. The second-order valence-corrected chi connectivity index (χ2v) is 4.90. The average molecular weight is 333 g/mol. The van der Waals surface area contributed by atoms with Gasteiger partial charge in [-0.3, -0.25) is 9.59 Å². The molecular weight excluding hydrogens is 320 g/mol. The van der Waals surface area contributed by atoms with Crippen LogP contribution in [0.3, 0.4) is 0 Å². The van der Waals surface area contributed by atoms with Gasteiger partial charge in [-0.25, -0.2) is 0 Å². The molecule has 0 bridgehead atoms. The molecule has 0 amide bonds. The molecule has 2 rings (SSSR count). The summed E-state index contributed by atoms with van der Waals surface area (Å²) in [5, 5.41) is 9.65. The number of ketones is 2. The van der Waals surface area contributed by atoms with E-state index < -0.39 is 11.6 Å². The number of aliphatic hydroxyl groups excluding tert-OH is 1. The molecule has 4 heteroatoms. The summed E-state index contributed by atoms with van der Waals surface area (Å²) >= 11 is 3.33. The summed E-state index contributed by atoms with van der Waals surface area (Å²) in [6, 6.07) is 13.3. The van der Waals surface area contributed by atoms with Crippen molar-refractivity contribution in [2.24, 2.45) is 0 Å². The highest BCUT2D eigenvalue weighted by Crippen LogP contribution is 2.12. The van der Waals surface area contributed by atoms with Crippen LogP contribution in [0, 0.1) is 0 Å². The summed E-state index contributed by atoms with van der Waals surface area (Å²) in [5.41, 5.74) is 2.46. The molecule has 0 aliphatic carbocycles. The van der Waals surface area contributed by atoms with Crippen LogP contribution in [-0.4, -0.2) is 16.7 Å². The lowest BCUT2D eigenvalue weighted by Gasteiger charge is -2.03. The Morgan fingerprint density at radius 1 is 0.800 bits per heavy atom. The molecule has 0 aliphatic heterocycles. The summed E-state index contributed by atoms with van der Waals surface area (Å²) in [5.74, 6) is -1.07. The minimum absolute atomic E-state index is 0.0869. The Labute approximate surface area is 125 Å². The molecule has 0 heterocycles. The summed E-state index contributed by atoms with van der Waals surface area (Å²) in [7, 11) is 0. The largest absolute Gasteiger partial charge is 0.392 e. The van der Waals surface area contributed by atoms with Crippen LogP contribution in [0.25, 0.3) is 0 Å². The minimum Gasteiger partial charge on any atom is -0.392 e. The third-order valence-corrected chi connectivity index (χ3v) is 3.62. The fourth-order valence-corrected chi connectivity index (χ4v) is 2.14. The van der Waals surface area contributed by atoms with E-state index in [0.29, 0.717) is 22.0 Å². The van der Waals surface area contributed by atoms with Crippen LogP contribution >= 0.6 is 15.9 Å². The van der Waals surface area contributed by atoms with Gasteiger partial charge in [0.25, 0.3) is 0 Å². The highest BCUT2D eigenvalue weighted by molar-refractivity contribution is 9.08. The van der Waals surface area contributed by atoms with E-state index in [1.54, 1.807) is 36.4 Å². The molecule has 0 radical (unpaired) electrons. The third kappa shape index (κ3) is 3.21. The number of benzene rings is 2. The van der Waals surface area contributed by atoms with E-state index in [-0.39, 0.29) is 6.61 Å². The third-order valence-electron chi connectivity index (χ3n) is 2.98. The molecule has 1 N–H and O–H groups in total. The molecule has 20 heavy (non-hydrogen) atoms. The van der Waals surface area contributed by atoms with Gasteiger partial charge in [0.2, 0.25) is 11.6 Å². The van der Waals surface area contributed by atoms with Crippen LogP contribution in [0.5, 0.6) is 0 Å². The normalized spacial score (nSPS) is 10.3. The second-order valence-electron chi connectivity index (χ2n) is 4.34. The summed E-state index contributed by atoms with van der Waals surface area (Å²) in [6.07, 6.45) is 0. The van der Waals surface area contributed by atoms with Crippen molar-refractivity contribution in [1.29, 1.82) is 0 Å². The number of aliphatic hydroxyl groups is 1. The Hall–Kier alpha value is -1.78. The zero-order valence-electron chi connectivity index (χ0n) is 10.7. The molecule has 0 spiro atoms. The average Bonchev–Trinajstić information content (AvgIpc) is 2.53. The van der Waals surface area contributed by atoms with Crippen molar-refractivity contribution in [1.82, 2.24) is 0 Å². The fourth-order valence-electron chi connectivity index (χ4n) is 1.77. The predicted molar refractivity (Wildman–Crippen MR) is 80.1 cm³/mol. The lowest BCUT2D eigenvalue weighted by molar-refractivity contribution is 0.0817. The maximum Gasteiger partial charge on any atom is 0.233 e. The van der Waals surface area contributed by atoms with Crippen molar-refractivity contribution in [3.8, 4) is 0 Å². The highest BCUT2D eigenvalue weighted by atomic mass is 79.9. The van der Waals surface area contributed by atoms with E-state index in [4.69, 9.17) is 5.11 Å². The first-order chi connectivity index (χ1) is 9.65. The van der Waals surface area contributed by atoms with Crippen LogP contribution in [-0.2, 0) is 11.9 Å². The van der Waals surface area contributed by atoms with Crippen molar-refractivity contribution >= 4 is 27.5 Å². The van der Waals surface area contributed by atoms with Gasteiger partial charge in [0.1, 0.15) is 0 Å². The topological polar surface area (TPSA) is 54.4 Å². The zero-order valence-corrected chi connectivity index (χ0v) is 12.3. The molecule has 0 atom stereocenters. The Kier molecular flexibility index (Phi) is 4.82. The SMILES string of the molecule is O=C(C(=O)c1ccc(CBr)cc1)c1ccc(CO)cc1. The number of hydrogen-bond acceptors (Lipinski definition) is 3. The number of carbonyl (C=O) groups is 2. The van der Waals surface area contributed by atoms with E-state index in [1.807, 2.05) is 12.1 Å². The highest BCUT2D eigenvalue weighted by Gasteiger charge is 2.17. The van der Waals surface area contributed by atoms with Crippen molar-refractivity contribution < 1.29 is 14.7 Å². The van der Waals surface area contributed by atoms with Gasteiger partial charge in [0.05, 0.1) is 6.61 Å². The van der Waals surface area contributed by atoms with Crippen LogP contribution < -0.4 is 0 Å². The first-order valence-corrected chi connectivity index (χ1v) is 7.21. The molecule has 0 fully saturated rings. The molecule has 2 aromatic carbocycles. The minimum atomic E-state index is -0.541. The maximum absolute atomic E-state index is 12.1. The molecule has 3 nitrogen and oxygen atoms in total. The first-order valence-electron chi connectivity index (χ1n) is 6.09. The van der Waals surface area contributed by atoms with Gasteiger partial charge < -0.3 is 5.11 Å². The van der Waals surface area contributed by atoms with Crippen LogP contribution in [0.2, 0.25) is 0 Å². The number of carbonyl (C=O) groups excluding carboxylic acids is 2. The van der Waals surface area contributed by atoms with Gasteiger partial charge >= 0.3 is 0 Å². The van der Waals surface area contributed by atoms with E-state index in [9.17, 15) is 9.59 Å². The molecule has 0 saturated heterocycles. The van der Waals surface area contributed by atoms with Crippen LogP contribution in [0.15, 0.2) is 48.5 Å². The van der Waals surface area contributed by atoms with E-state index >= 15 is 0 Å². The predicted octanol–water partition coefficient (Wildman–Crippen LogP) is 3.14. The van der Waals surface area contributed by atoms with E-state index in [1.165, 1.54) is 0 Å². The van der Waals surface area contributed by atoms with Gasteiger partial charge in [-0.05, 0) is 11.1 Å². The van der Waals surface area contributed by atoms with Gasteiger partial charge in [-0.2, -0.15) is 0 Å². The van der Waals surface area contributed by atoms with Crippen LogP contribution in [0.1, 0.15) is 31.8 Å². The van der Waals surface area contributed by atoms with Gasteiger partial charge in [-0.1, -0.05) is 64.5 Å². The van der Waals surface area contributed by atoms with Crippen LogP contribution in [0.4, 0.5) is 0 Å². The van der Waals surface area contributed by atoms with Gasteiger partial charge in [0.15, 0.2) is 0 Å². The lowest BCUT2D eigenvalue weighted by Crippen LogP contribution is -2.14. The smallest absolute Gasteiger partial charge is 0.233 e. The Bertz CT molecular complexity index is 558. The molecular formula is C16H13BrO3. The Morgan fingerprint density at radius 3 is 1.55 bits per heavy atom. The van der Waals surface area contributed by atoms with Crippen molar-refractivity contribution in [2.75, 3.05) is 0 Å². The molecule has 0 saturated carbocycles. The Balaban J connectivity index is 2.20. The summed E-state index contributed by atoms with van der Waals surface area (Å²) in [6.45, 7) is -0.0869. The van der Waals surface area contributed by atoms with E-state index in [0.717, 1.165) is 5.56 Å². The quantitative estimate of drug-likeness (QED) is 0.520. The van der Waals surface area contributed by atoms with Gasteiger partial charge in [0, 0.05) is 16.5 Å². The Morgan fingerprint density at radius 2 is 1.20 bits per heavy atom. The summed E-state index contributed by atoms with van der Waals surface area (Å²) < 4.78 is 0. The number of alkyl halides is 1. The second kappa shape index (κ2) is 6.59. The van der Waals surface area contributed by atoms with Crippen molar-refractivity contribution in [3.63, 3.8) is 0 Å².